The molecule has 1 aromatic carbocycles. The molecule has 0 atom stereocenters. The Bertz CT molecular complexity index is 649. The molecule has 1 N–H and O–H groups in total. The maximum Gasteiger partial charge on any atom is 0.251 e. The number of hydrogen-bond donors (Lipinski definition) is 1. The van der Waals surface area contributed by atoms with Crippen LogP contribution >= 0.6 is 0 Å². The molecule has 1 aromatic rings. The minimum Gasteiger partial charge on any atom is -0.497 e. The number of amides is 1. The molecule has 0 bridgehead atoms. The fraction of sp³-hybridized carbons (Fsp3) is 0.636. The van der Waals surface area contributed by atoms with Crippen LogP contribution in [0.3, 0.4) is 0 Å². The van der Waals surface area contributed by atoms with E-state index in [-0.39, 0.29) is 11.4 Å². The number of methoxy groups -OCH3 is 1. The first-order valence-corrected chi connectivity index (χ1v) is 10.3. The molecule has 0 aromatic heterocycles. The van der Waals surface area contributed by atoms with Crippen LogP contribution in [0.15, 0.2) is 29.3 Å². The van der Waals surface area contributed by atoms with Crippen molar-refractivity contribution in [3.63, 3.8) is 0 Å². The van der Waals surface area contributed by atoms with E-state index in [4.69, 9.17) is 9.73 Å². The summed E-state index contributed by atoms with van der Waals surface area (Å²) >= 11 is 0. The van der Waals surface area contributed by atoms with Crippen molar-refractivity contribution in [3.05, 3.63) is 29.8 Å². The van der Waals surface area contributed by atoms with Crippen LogP contribution in [0.2, 0.25) is 0 Å². The summed E-state index contributed by atoms with van der Waals surface area (Å²) in [6, 6.07) is 7.19. The van der Waals surface area contributed by atoms with Crippen LogP contribution in [-0.4, -0.2) is 67.5 Å². The van der Waals surface area contributed by atoms with Gasteiger partial charge in [-0.15, -0.1) is 0 Å². The van der Waals surface area contributed by atoms with Gasteiger partial charge in [0.15, 0.2) is 5.96 Å². The molecular formula is C22H36N4O2. The van der Waals surface area contributed by atoms with Crippen molar-refractivity contribution in [1.29, 1.82) is 0 Å². The van der Waals surface area contributed by atoms with Gasteiger partial charge in [0.1, 0.15) is 5.75 Å². The van der Waals surface area contributed by atoms with Gasteiger partial charge in [-0.1, -0.05) is 12.8 Å². The van der Waals surface area contributed by atoms with Gasteiger partial charge >= 0.3 is 0 Å². The SMILES string of the molecule is COc1ccc(C(=O)NCCCCCCN2CCN(C)/C2=N\C(C)(C)C)cc1. The van der Waals surface area contributed by atoms with E-state index in [1.165, 1.54) is 6.42 Å². The Morgan fingerprint density at radius 3 is 2.43 bits per heavy atom. The van der Waals surface area contributed by atoms with Gasteiger partial charge in [0.2, 0.25) is 0 Å². The van der Waals surface area contributed by atoms with Crippen molar-refractivity contribution in [2.45, 2.75) is 52.0 Å². The van der Waals surface area contributed by atoms with Gasteiger partial charge in [-0.25, -0.2) is 4.99 Å². The van der Waals surface area contributed by atoms with Gasteiger partial charge in [0.25, 0.3) is 5.91 Å². The summed E-state index contributed by atoms with van der Waals surface area (Å²) in [5.74, 6) is 1.86. The summed E-state index contributed by atoms with van der Waals surface area (Å²) in [4.78, 5) is 21.6. The molecule has 0 aliphatic carbocycles. The number of guanidine groups is 1. The molecule has 1 saturated heterocycles. The number of ether oxygens (including phenoxy) is 1. The highest BCUT2D eigenvalue weighted by molar-refractivity contribution is 5.94. The Balaban J connectivity index is 1.61. The lowest BCUT2D eigenvalue weighted by molar-refractivity contribution is 0.0953. The summed E-state index contributed by atoms with van der Waals surface area (Å²) in [6.45, 7) is 10.3. The fourth-order valence-corrected chi connectivity index (χ4v) is 3.21. The first kappa shape index (κ1) is 22.1. The van der Waals surface area contributed by atoms with Crippen molar-refractivity contribution in [1.82, 2.24) is 15.1 Å². The van der Waals surface area contributed by atoms with Crippen LogP contribution < -0.4 is 10.1 Å². The number of benzene rings is 1. The Morgan fingerprint density at radius 1 is 1.11 bits per heavy atom. The molecule has 0 spiro atoms. The molecule has 6 heteroatoms. The van der Waals surface area contributed by atoms with Crippen molar-refractivity contribution in [2.75, 3.05) is 40.3 Å². The largest absolute Gasteiger partial charge is 0.497 e. The molecule has 0 radical (unpaired) electrons. The number of carbonyl (C=O) groups excluding carboxylic acids is 1. The highest BCUT2D eigenvalue weighted by atomic mass is 16.5. The zero-order chi connectivity index (χ0) is 20.6. The standard InChI is InChI=1S/C22H36N4O2/c1-22(2,3)24-21-25(4)16-17-26(21)15-9-7-6-8-14-23-20(27)18-10-12-19(28-5)13-11-18/h10-13H,6-9,14-17H2,1-5H3,(H,23,27)/b24-21+. The van der Waals surface area contributed by atoms with Crippen LogP contribution in [0.4, 0.5) is 0 Å². The third-order valence-electron chi connectivity index (χ3n) is 4.76. The Kier molecular flexibility index (Phi) is 8.15. The average molecular weight is 389 g/mol. The van der Waals surface area contributed by atoms with Gasteiger partial charge in [-0.3, -0.25) is 4.79 Å². The Morgan fingerprint density at radius 2 is 1.79 bits per heavy atom. The van der Waals surface area contributed by atoms with E-state index in [2.05, 4.69) is 42.9 Å². The third kappa shape index (κ3) is 7.06. The van der Waals surface area contributed by atoms with Crippen LogP contribution in [0, 0.1) is 0 Å². The predicted molar refractivity (Wildman–Crippen MR) is 115 cm³/mol. The molecule has 0 saturated carbocycles. The maximum atomic E-state index is 12.1. The molecule has 0 unspecified atom stereocenters. The van der Waals surface area contributed by atoms with Crippen LogP contribution in [-0.2, 0) is 0 Å². The van der Waals surface area contributed by atoms with Gasteiger partial charge in [-0.2, -0.15) is 0 Å². The molecule has 2 rings (SSSR count). The second kappa shape index (κ2) is 10.3. The maximum absolute atomic E-state index is 12.1. The lowest BCUT2D eigenvalue weighted by Gasteiger charge is -2.24. The molecular weight excluding hydrogens is 352 g/mol. The fourth-order valence-electron chi connectivity index (χ4n) is 3.21. The summed E-state index contributed by atoms with van der Waals surface area (Å²) in [5, 5.41) is 2.99. The molecule has 1 aliphatic rings. The first-order valence-electron chi connectivity index (χ1n) is 10.3. The van der Waals surface area contributed by atoms with Gasteiger partial charge in [-0.05, 0) is 57.9 Å². The molecule has 6 nitrogen and oxygen atoms in total. The smallest absolute Gasteiger partial charge is 0.251 e. The van der Waals surface area contributed by atoms with Crippen LogP contribution in [0.25, 0.3) is 0 Å². The normalized spacial score (nSPS) is 16.0. The number of hydrogen-bond acceptors (Lipinski definition) is 3. The lowest BCUT2D eigenvalue weighted by atomic mass is 10.1. The van der Waals surface area contributed by atoms with Crippen molar-refractivity contribution < 1.29 is 9.53 Å². The van der Waals surface area contributed by atoms with E-state index in [0.717, 1.165) is 50.6 Å². The van der Waals surface area contributed by atoms with Crippen molar-refractivity contribution in [3.8, 4) is 5.75 Å². The molecule has 1 fully saturated rings. The van der Waals surface area contributed by atoms with Crippen molar-refractivity contribution >= 4 is 11.9 Å². The number of rotatable bonds is 9. The Hall–Kier alpha value is -2.24. The molecule has 1 amide bonds. The second-order valence-electron chi connectivity index (χ2n) is 8.39. The summed E-state index contributed by atoms with van der Waals surface area (Å²) in [6.07, 6.45) is 4.45. The number of nitrogens with zero attached hydrogens (tertiary/aromatic N) is 3. The number of nitrogens with one attached hydrogen (secondary N) is 1. The topological polar surface area (TPSA) is 57.2 Å². The zero-order valence-corrected chi connectivity index (χ0v) is 18.1. The number of likely N-dealkylation sites (N-methyl/N-ethyl adjacent to an activating group) is 1. The number of carbonyl (C=O) groups is 1. The molecule has 156 valence electrons. The van der Waals surface area contributed by atoms with E-state index in [1.54, 1.807) is 19.2 Å². The van der Waals surface area contributed by atoms with Gasteiger partial charge < -0.3 is 19.9 Å². The summed E-state index contributed by atoms with van der Waals surface area (Å²) < 4.78 is 5.11. The zero-order valence-electron chi connectivity index (χ0n) is 18.1. The highest BCUT2D eigenvalue weighted by Crippen LogP contribution is 2.15. The minimum atomic E-state index is -0.0473. The monoisotopic (exact) mass is 388 g/mol. The van der Waals surface area contributed by atoms with Gasteiger partial charge in [0.05, 0.1) is 12.6 Å². The highest BCUT2D eigenvalue weighted by Gasteiger charge is 2.25. The summed E-state index contributed by atoms with van der Waals surface area (Å²) in [7, 11) is 3.74. The van der Waals surface area contributed by atoms with Crippen LogP contribution in [0.1, 0.15) is 56.8 Å². The average Bonchev–Trinajstić information content (AvgIpc) is 2.99. The quantitative estimate of drug-likeness (QED) is 0.659. The number of aliphatic imine (C=N–C) groups is 1. The molecule has 28 heavy (non-hydrogen) atoms. The van der Waals surface area contributed by atoms with E-state index >= 15 is 0 Å². The minimum absolute atomic E-state index is 0.0224. The molecule has 1 heterocycles. The van der Waals surface area contributed by atoms with E-state index in [0.29, 0.717) is 12.1 Å². The predicted octanol–water partition coefficient (Wildman–Crippen LogP) is 3.39. The summed E-state index contributed by atoms with van der Waals surface area (Å²) in [5.41, 5.74) is 0.624. The first-order chi connectivity index (χ1) is 13.3. The Labute approximate surface area is 170 Å². The van der Waals surface area contributed by atoms with Crippen molar-refractivity contribution in [2.24, 2.45) is 4.99 Å². The number of unbranched alkanes of at least 4 members (excludes halogenated alkanes) is 3. The van der Waals surface area contributed by atoms with E-state index in [1.807, 2.05) is 12.1 Å². The van der Waals surface area contributed by atoms with Crippen LogP contribution in [0.5, 0.6) is 5.75 Å². The molecule has 1 aliphatic heterocycles. The lowest BCUT2D eigenvalue weighted by Crippen LogP contribution is -2.34. The second-order valence-corrected chi connectivity index (χ2v) is 8.39. The van der Waals surface area contributed by atoms with E-state index in [9.17, 15) is 4.79 Å². The third-order valence-corrected chi connectivity index (χ3v) is 4.76. The van der Waals surface area contributed by atoms with Gasteiger partial charge in [0, 0.05) is 38.8 Å². The van der Waals surface area contributed by atoms with E-state index < -0.39 is 0 Å².